The number of hydrogen-bond donors (Lipinski definition) is 2. The topological polar surface area (TPSA) is 70.7 Å². The maximum atomic E-state index is 13.7. The minimum absolute atomic E-state index is 0.107. The molecule has 0 saturated heterocycles. The van der Waals surface area contributed by atoms with E-state index in [9.17, 15) is 9.18 Å². The molecule has 8 heteroatoms. The molecule has 2 N–H and O–H groups in total. The second-order valence-electron chi connectivity index (χ2n) is 5.15. The van der Waals surface area contributed by atoms with Gasteiger partial charge in [-0.3, -0.25) is 9.89 Å². The summed E-state index contributed by atoms with van der Waals surface area (Å²) >= 11 is 6.91. The standard InChI is InChI=1S/C14H14ClFN4OS/c1-7(22-14-18-12(19-20-14)8-2-3-8)13(21)17-11-5-4-9(15)6-10(11)16/h4-8H,2-3H2,1H3,(H,17,21)(H,18,19,20). The summed E-state index contributed by atoms with van der Waals surface area (Å²) in [6.07, 6.45) is 2.26. The third-order valence-corrected chi connectivity index (χ3v) is 4.48. The highest BCUT2D eigenvalue weighted by Gasteiger charge is 2.28. The van der Waals surface area contributed by atoms with Crippen molar-refractivity contribution in [3.05, 3.63) is 34.9 Å². The van der Waals surface area contributed by atoms with Gasteiger partial charge in [-0.25, -0.2) is 9.37 Å². The van der Waals surface area contributed by atoms with Crippen molar-refractivity contribution in [2.45, 2.75) is 36.1 Å². The molecule has 1 aromatic heterocycles. The summed E-state index contributed by atoms with van der Waals surface area (Å²) in [5.41, 5.74) is 0.107. The molecule has 0 aliphatic heterocycles. The molecule has 116 valence electrons. The van der Waals surface area contributed by atoms with Crippen LogP contribution in [0.15, 0.2) is 23.4 Å². The molecule has 5 nitrogen and oxygen atoms in total. The molecule has 22 heavy (non-hydrogen) atoms. The van der Waals surface area contributed by atoms with E-state index in [4.69, 9.17) is 11.6 Å². The Kier molecular flexibility index (Phi) is 4.35. The number of anilines is 1. The summed E-state index contributed by atoms with van der Waals surface area (Å²) in [6.45, 7) is 1.72. The van der Waals surface area contributed by atoms with Gasteiger partial charge in [0.1, 0.15) is 11.6 Å². The maximum Gasteiger partial charge on any atom is 0.237 e. The van der Waals surface area contributed by atoms with Gasteiger partial charge >= 0.3 is 0 Å². The van der Waals surface area contributed by atoms with E-state index in [0.717, 1.165) is 24.7 Å². The summed E-state index contributed by atoms with van der Waals surface area (Å²) in [5.74, 6) is 0.476. The first-order chi connectivity index (χ1) is 10.5. The van der Waals surface area contributed by atoms with Gasteiger partial charge in [0.15, 0.2) is 0 Å². The maximum absolute atomic E-state index is 13.7. The Morgan fingerprint density at radius 1 is 1.55 bits per heavy atom. The molecule has 0 radical (unpaired) electrons. The molecule has 3 rings (SSSR count). The second-order valence-corrected chi connectivity index (χ2v) is 6.90. The Morgan fingerprint density at radius 3 is 3.00 bits per heavy atom. The molecule has 1 aromatic carbocycles. The Hall–Kier alpha value is -1.60. The molecular weight excluding hydrogens is 327 g/mol. The lowest BCUT2D eigenvalue weighted by atomic mass is 10.3. The van der Waals surface area contributed by atoms with Crippen molar-refractivity contribution >= 4 is 35.0 Å². The van der Waals surface area contributed by atoms with Gasteiger partial charge in [0.25, 0.3) is 0 Å². The lowest BCUT2D eigenvalue weighted by molar-refractivity contribution is -0.115. The van der Waals surface area contributed by atoms with E-state index in [0.29, 0.717) is 11.1 Å². The molecule has 1 unspecified atom stereocenters. The van der Waals surface area contributed by atoms with Crippen LogP contribution in [-0.2, 0) is 4.79 Å². The van der Waals surface area contributed by atoms with Crippen molar-refractivity contribution in [1.82, 2.24) is 15.2 Å². The number of H-pyrrole nitrogens is 1. The van der Waals surface area contributed by atoms with Crippen LogP contribution in [0.4, 0.5) is 10.1 Å². The number of aromatic amines is 1. The number of nitrogens with zero attached hydrogens (tertiary/aromatic N) is 2. The van der Waals surface area contributed by atoms with Crippen molar-refractivity contribution in [2.24, 2.45) is 0 Å². The fourth-order valence-corrected chi connectivity index (χ4v) is 2.78. The van der Waals surface area contributed by atoms with E-state index in [1.807, 2.05) is 0 Å². The van der Waals surface area contributed by atoms with Gasteiger partial charge in [-0.15, -0.1) is 5.10 Å². The quantitative estimate of drug-likeness (QED) is 0.816. The molecule has 0 bridgehead atoms. The van der Waals surface area contributed by atoms with E-state index < -0.39 is 11.1 Å². The first kappa shape index (κ1) is 15.3. The number of thioether (sulfide) groups is 1. The van der Waals surface area contributed by atoms with Gasteiger partial charge in [0.2, 0.25) is 11.1 Å². The number of hydrogen-bond acceptors (Lipinski definition) is 4. The number of nitrogens with one attached hydrogen (secondary N) is 2. The van der Waals surface area contributed by atoms with Crippen LogP contribution in [0.5, 0.6) is 0 Å². The largest absolute Gasteiger partial charge is 0.323 e. The number of rotatable bonds is 5. The van der Waals surface area contributed by atoms with Crippen LogP contribution >= 0.6 is 23.4 Å². The Balaban J connectivity index is 1.60. The van der Waals surface area contributed by atoms with Crippen molar-refractivity contribution in [2.75, 3.05) is 5.32 Å². The Bertz CT molecular complexity index is 704. The number of benzene rings is 1. The summed E-state index contributed by atoms with van der Waals surface area (Å²) in [4.78, 5) is 16.5. The highest BCUT2D eigenvalue weighted by atomic mass is 35.5. The van der Waals surface area contributed by atoms with Crippen LogP contribution in [0.25, 0.3) is 0 Å². The zero-order valence-electron chi connectivity index (χ0n) is 11.8. The highest BCUT2D eigenvalue weighted by molar-refractivity contribution is 8.00. The van der Waals surface area contributed by atoms with Gasteiger partial charge in [-0.05, 0) is 38.0 Å². The lowest BCUT2D eigenvalue weighted by Gasteiger charge is -2.10. The fraction of sp³-hybridized carbons (Fsp3) is 0.357. The average Bonchev–Trinajstić information content (AvgIpc) is 3.22. The normalized spacial score (nSPS) is 15.6. The molecule has 1 aliphatic rings. The van der Waals surface area contributed by atoms with Crippen LogP contribution in [0.1, 0.15) is 31.5 Å². The van der Waals surface area contributed by atoms with E-state index in [1.54, 1.807) is 6.92 Å². The van der Waals surface area contributed by atoms with Crippen molar-refractivity contribution in [3.63, 3.8) is 0 Å². The predicted molar refractivity (Wildman–Crippen MR) is 83.7 cm³/mol. The van der Waals surface area contributed by atoms with Gasteiger partial charge in [-0.1, -0.05) is 23.4 Å². The van der Waals surface area contributed by atoms with E-state index in [-0.39, 0.29) is 16.6 Å². The smallest absolute Gasteiger partial charge is 0.237 e. The number of halogens is 2. The van der Waals surface area contributed by atoms with E-state index in [1.165, 1.54) is 23.9 Å². The molecule has 0 spiro atoms. The summed E-state index contributed by atoms with van der Waals surface area (Å²) in [6, 6.07) is 4.12. The van der Waals surface area contributed by atoms with Crippen LogP contribution in [0.2, 0.25) is 5.02 Å². The SMILES string of the molecule is CC(Sc1n[nH]c(C2CC2)n1)C(=O)Nc1ccc(Cl)cc1F. The van der Waals surface area contributed by atoms with Crippen molar-refractivity contribution in [1.29, 1.82) is 0 Å². The first-order valence-corrected chi connectivity index (χ1v) is 8.13. The Morgan fingerprint density at radius 2 is 2.32 bits per heavy atom. The molecular formula is C14H14ClFN4OS. The third-order valence-electron chi connectivity index (χ3n) is 3.29. The van der Waals surface area contributed by atoms with Crippen LogP contribution in [-0.4, -0.2) is 26.3 Å². The van der Waals surface area contributed by atoms with Gasteiger partial charge < -0.3 is 5.32 Å². The monoisotopic (exact) mass is 340 g/mol. The number of carbonyl (C=O) groups is 1. The van der Waals surface area contributed by atoms with E-state index >= 15 is 0 Å². The molecule has 1 fully saturated rings. The molecule has 1 saturated carbocycles. The zero-order valence-corrected chi connectivity index (χ0v) is 13.3. The third kappa shape index (κ3) is 3.59. The number of aromatic nitrogens is 3. The molecule has 1 amide bonds. The van der Waals surface area contributed by atoms with Gasteiger partial charge in [0.05, 0.1) is 10.9 Å². The molecule has 1 atom stereocenters. The number of amides is 1. The zero-order chi connectivity index (χ0) is 15.7. The summed E-state index contributed by atoms with van der Waals surface area (Å²) < 4.78 is 13.7. The summed E-state index contributed by atoms with van der Waals surface area (Å²) in [7, 11) is 0. The van der Waals surface area contributed by atoms with Crippen LogP contribution in [0, 0.1) is 5.82 Å². The summed E-state index contributed by atoms with van der Waals surface area (Å²) in [5, 5.41) is 9.89. The van der Waals surface area contributed by atoms with E-state index in [2.05, 4.69) is 20.5 Å². The van der Waals surface area contributed by atoms with Gasteiger partial charge in [-0.2, -0.15) is 0 Å². The minimum atomic E-state index is -0.563. The Labute approximate surface area is 136 Å². The minimum Gasteiger partial charge on any atom is -0.323 e. The highest BCUT2D eigenvalue weighted by Crippen LogP contribution is 2.38. The fourth-order valence-electron chi connectivity index (χ4n) is 1.89. The lowest BCUT2D eigenvalue weighted by Crippen LogP contribution is -2.23. The van der Waals surface area contributed by atoms with Crippen molar-refractivity contribution in [3.8, 4) is 0 Å². The van der Waals surface area contributed by atoms with Crippen LogP contribution in [0.3, 0.4) is 0 Å². The number of carbonyl (C=O) groups excluding carboxylic acids is 1. The average molecular weight is 341 g/mol. The second kappa shape index (κ2) is 6.26. The first-order valence-electron chi connectivity index (χ1n) is 6.88. The molecule has 1 heterocycles. The molecule has 2 aromatic rings. The molecule has 1 aliphatic carbocycles. The van der Waals surface area contributed by atoms with Gasteiger partial charge in [0, 0.05) is 10.9 Å². The van der Waals surface area contributed by atoms with Crippen LogP contribution < -0.4 is 5.32 Å². The van der Waals surface area contributed by atoms with Crippen molar-refractivity contribution < 1.29 is 9.18 Å². The predicted octanol–water partition coefficient (Wildman–Crippen LogP) is 3.59.